The Morgan fingerprint density at radius 1 is 1.10 bits per heavy atom. The van der Waals surface area contributed by atoms with Gasteiger partial charge in [-0.1, -0.05) is 30.3 Å². The Kier molecular flexibility index (Phi) is 6.37. The van der Waals surface area contributed by atoms with Crippen molar-refractivity contribution >= 4 is 24.1 Å². The molecule has 0 bridgehead atoms. The number of hydrogen-bond acceptors (Lipinski definition) is 5. The number of aromatic nitrogens is 1. The van der Waals surface area contributed by atoms with Gasteiger partial charge in [0.25, 0.3) is 0 Å². The number of nitrogens with two attached hydrogens (primary N) is 1. The van der Waals surface area contributed by atoms with Crippen molar-refractivity contribution < 1.29 is 0 Å². The van der Waals surface area contributed by atoms with Crippen molar-refractivity contribution in [2.24, 2.45) is 5.73 Å². The molecule has 21 heavy (non-hydrogen) atoms. The minimum Gasteiger partial charge on any atom is -0.380 e. The van der Waals surface area contributed by atoms with Crippen molar-refractivity contribution in [3.8, 4) is 0 Å². The predicted molar refractivity (Wildman–Crippen MR) is 93.2 cm³/mol. The molecule has 1 aromatic heterocycles. The molecule has 0 saturated carbocycles. The Morgan fingerprint density at radius 2 is 1.90 bits per heavy atom. The van der Waals surface area contributed by atoms with Crippen LogP contribution >= 0.6 is 12.6 Å². The lowest BCUT2D eigenvalue weighted by Gasteiger charge is -2.15. The molecule has 1 heterocycles. The average molecular weight is 302 g/mol. The van der Waals surface area contributed by atoms with Gasteiger partial charge in [0.05, 0.1) is 5.69 Å². The lowest BCUT2D eigenvalue weighted by molar-refractivity contribution is 0.793. The maximum absolute atomic E-state index is 5.87. The molecule has 0 amide bonds. The fourth-order valence-electron chi connectivity index (χ4n) is 1.96. The summed E-state index contributed by atoms with van der Waals surface area (Å²) in [6.07, 6.45) is 2.75. The molecule has 0 radical (unpaired) electrons. The maximum Gasteiger partial charge on any atom is 0.149 e. The molecule has 0 aliphatic carbocycles. The summed E-state index contributed by atoms with van der Waals surface area (Å²) in [5.74, 6) is 1.52. The lowest BCUT2D eigenvalue weighted by Crippen LogP contribution is -2.30. The number of nitrogens with one attached hydrogen (secondary N) is 2. The number of rotatable bonds is 8. The largest absolute Gasteiger partial charge is 0.380 e. The Morgan fingerprint density at radius 3 is 2.67 bits per heavy atom. The molecule has 5 heteroatoms. The number of anilines is 2. The van der Waals surface area contributed by atoms with Crippen LogP contribution in [0.5, 0.6) is 0 Å². The molecule has 2 rings (SSSR count). The van der Waals surface area contributed by atoms with Gasteiger partial charge in [0.15, 0.2) is 0 Å². The third kappa shape index (κ3) is 5.28. The summed E-state index contributed by atoms with van der Waals surface area (Å²) in [6, 6.07) is 14.4. The van der Waals surface area contributed by atoms with E-state index in [0.717, 1.165) is 24.5 Å². The molecule has 4 nitrogen and oxygen atoms in total. The van der Waals surface area contributed by atoms with Gasteiger partial charge in [-0.25, -0.2) is 4.98 Å². The standard InChI is InChI=1S/C16H22N4S/c17-14(12-21)11-20-15-7-4-9-18-16(15)19-10-8-13-5-2-1-3-6-13/h1-7,9,14,20-21H,8,10-12,17H2,(H,18,19). The zero-order chi connectivity index (χ0) is 14.9. The van der Waals surface area contributed by atoms with Gasteiger partial charge in [0.1, 0.15) is 5.82 Å². The van der Waals surface area contributed by atoms with Crippen LogP contribution in [-0.2, 0) is 6.42 Å². The summed E-state index contributed by atoms with van der Waals surface area (Å²) >= 11 is 4.19. The minimum absolute atomic E-state index is 0.0331. The van der Waals surface area contributed by atoms with Crippen LogP contribution in [0, 0.1) is 0 Å². The van der Waals surface area contributed by atoms with Gasteiger partial charge in [0, 0.05) is 31.1 Å². The van der Waals surface area contributed by atoms with E-state index in [-0.39, 0.29) is 6.04 Å². The van der Waals surface area contributed by atoms with Crippen LogP contribution in [-0.4, -0.2) is 29.9 Å². The highest BCUT2D eigenvalue weighted by molar-refractivity contribution is 7.80. The zero-order valence-electron chi connectivity index (χ0n) is 12.0. The highest BCUT2D eigenvalue weighted by Gasteiger charge is 2.04. The van der Waals surface area contributed by atoms with Gasteiger partial charge in [-0.2, -0.15) is 12.6 Å². The molecule has 4 N–H and O–H groups in total. The third-order valence-corrected chi connectivity index (χ3v) is 3.61. The molecule has 1 atom stereocenters. The number of hydrogen-bond donors (Lipinski definition) is 4. The lowest BCUT2D eigenvalue weighted by atomic mass is 10.1. The first-order valence-corrected chi connectivity index (χ1v) is 7.76. The van der Waals surface area contributed by atoms with E-state index >= 15 is 0 Å². The minimum atomic E-state index is 0.0331. The van der Waals surface area contributed by atoms with Crippen molar-refractivity contribution in [3.63, 3.8) is 0 Å². The monoisotopic (exact) mass is 302 g/mol. The molecule has 1 unspecified atom stereocenters. The summed E-state index contributed by atoms with van der Waals surface area (Å²) in [7, 11) is 0. The van der Waals surface area contributed by atoms with Crippen LogP contribution in [0.25, 0.3) is 0 Å². The van der Waals surface area contributed by atoms with Gasteiger partial charge in [0.2, 0.25) is 0 Å². The van der Waals surface area contributed by atoms with E-state index in [0.29, 0.717) is 12.3 Å². The van der Waals surface area contributed by atoms with Gasteiger partial charge < -0.3 is 16.4 Å². The Labute approximate surface area is 131 Å². The van der Waals surface area contributed by atoms with Gasteiger partial charge >= 0.3 is 0 Å². The smallest absolute Gasteiger partial charge is 0.149 e. The molecule has 0 spiro atoms. The van der Waals surface area contributed by atoms with E-state index in [1.54, 1.807) is 6.20 Å². The van der Waals surface area contributed by atoms with Crippen LogP contribution in [0.4, 0.5) is 11.5 Å². The Bertz CT molecular complexity index is 533. The van der Waals surface area contributed by atoms with Crippen molar-refractivity contribution in [2.75, 3.05) is 29.5 Å². The number of thiol groups is 1. The Hall–Kier alpha value is -1.72. The van der Waals surface area contributed by atoms with Crippen molar-refractivity contribution in [2.45, 2.75) is 12.5 Å². The summed E-state index contributed by atoms with van der Waals surface area (Å²) in [5.41, 5.74) is 8.15. The highest BCUT2D eigenvalue weighted by atomic mass is 32.1. The predicted octanol–water partition coefficient (Wildman–Crippen LogP) is 2.41. The topological polar surface area (TPSA) is 63.0 Å². The summed E-state index contributed by atoms with van der Waals surface area (Å²) in [6.45, 7) is 1.52. The molecule has 0 aliphatic rings. The molecule has 2 aromatic rings. The molecule has 112 valence electrons. The molecule has 1 aromatic carbocycles. The SMILES string of the molecule is NC(CS)CNc1cccnc1NCCc1ccccc1. The second-order valence-corrected chi connectivity index (χ2v) is 5.25. The van der Waals surface area contributed by atoms with Crippen LogP contribution in [0.2, 0.25) is 0 Å². The van der Waals surface area contributed by atoms with E-state index in [2.05, 4.69) is 52.5 Å². The molecule has 0 aliphatic heterocycles. The average Bonchev–Trinajstić information content (AvgIpc) is 2.54. The van der Waals surface area contributed by atoms with E-state index in [9.17, 15) is 0 Å². The maximum atomic E-state index is 5.87. The molecular formula is C16H22N4S. The van der Waals surface area contributed by atoms with Crippen LogP contribution in [0.3, 0.4) is 0 Å². The highest BCUT2D eigenvalue weighted by Crippen LogP contribution is 2.17. The third-order valence-electron chi connectivity index (χ3n) is 3.15. The van der Waals surface area contributed by atoms with E-state index in [4.69, 9.17) is 5.73 Å². The molecular weight excluding hydrogens is 280 g/mol. The van der Waals surface area contributed by atoms with Crippen molar-refractivity contribution in [3.05, 3.63) is 54.2 Å². The van der Waals surface area contributed by atoms with Gasteiger partial charge in [-0.05, 0) is 24.1 Å². The number of nitrogens with zero attached hydrogens (tertiary/aromatic N) is 1. The number of benzene rings is 1. The molecule has 0 saturated heterocycles. The normalized spacial score (nSPS) is 11.9. The fraction of sp³-hybridized carbons (Fsp3) is 0.312. The second-order valence-electron chi connectivity index (χ2n) is 4.89. The first kappa shape index (κ1) is 15.7. The van der Waals surface area contributed by atoms with Crippen molar-refractivity contribution in [1.29, 1.82) is 0 Å². The van der Waals surface area contributed by atoms with Gasteiger partial charge in [-0.15, -0.1) is 0 Å². The van der Waals surface area contributed by atoms with E-state index < -0.39 is 0 Å². The first-order chi connectivity index (χ1) is 10.3. The fourth-order valence-corrected chi connectivity index (χ4v) is 2.09. The van der Waals surface area contributed by atoms with Crippen molar-refractivity contribution in [1.82, 2.24) is 4.98 Å². The quantitative estimate of drug-likeness (QED) is 0.566. The van der Waals surface area contributed by atoms with Crippen LogP contribution in [0.1, 0.15) is 5.56 Å². The van der Waals surface area contributed by atoms with E-state index in [1.165, 1.54) is 5.56 Å². The summed E-state index contributed by atoms with van der Waals surface area (Å²) in [5, 5.41) is 6.68. The Balaban J connectivity index is 1.87. The van der Waals surface area contributed by atoms with E-state index in [1.807, 2.05) is 18.2 Å². The first-order valence-electron chi connectivity index (χ1n) is 7.12. The number of pyridine rings is 1. The summed E-state index contributed by atoms with van der Waals surface area (Å²) in [4.78, 5) is 4.38. The zero-order valence-corrected chi connectivity index (χ0v) is 12.9. The van der Waals surface area contributed by atoms with Gasteiger partial charge in [-0.3, -0.25) is 0 Å². The van der Waals surface area contributed by atoms with Crippen LogP contribution < -0.4 is 16.4 Å². The van der Waals surface area contributed by atoms with Crippen LogP contribution in [0.15, 0.2) is 48.7 Å². The molecule has 0 fully saturated rings. The summed E-state index contributed by atoms with van der Waals surface area (Å²) < 4.78 is 0. The second kappa shape index (κ2) is 8.54.